The Kier molecular flexibility index (Phi) is 4.00. The Bertz CT molecular complexity index is 599. The third-order valence-electron chi connectivity index (χ3n) is 4.17. The third kappa shape index (κ3) is 2.40. The summed E-state index contributed by atoms with van der Waals surface area (Å²) in [5, 5.41) is 2.88. The molecule has 1 N–H and O–H groups in total. The maximum Gasteiger partial charge on any atom is 0.183 e. The fraction of sp³-hybridized carbons (Fsp3) is 0.625. The predicted molar refractivity (Wildman–Crippen MR) is 82.8 cm³/mol. The predicted octanol–water partition coefficient (Wildman–Crippen LogP) is 3.20. The summed E-state index contributed by atoms with van der Waals surface area (Å²) in [6.07, 6.45) is 1.58. The highest BCUT2D eigenvalue weighted by Gasteiger charge is 2.43. The highest BCUT2D eigenvalue weighted by atomic mass is 32.2. The fourth-order valence-electron chi connectivity index (χ4n) is 3.01. The van der Waals surface area contributed by atoms with Crippen LogP contribution in [0.1, 0.15) is 57.7 Å². The zero-order valence-electron chi connectivity index (χ0n) is 13.0. The number of fused-ring (bicyclic) bond motifs is 1. The minimum Gasteiger partial charge on any atom is -0.312 e. The molecule has 20 heavy (non-hydrogen) atoms. The molecule has 4 heteroatoms. The van der Waals surface area contributed by atoms with Gasteiger partial charge in [0.2, 0.25) is 0 Å². The Morgan fingerprint density at radius 2 is 1.90 bits per heavy atom. The standard InChI is InChI=1S/C16H25NO2S/c1-6-7-14-15(17-5)12-10-11(16(2,3)4)8-9-13(12)20(14,18)19/h8-10,14-15,17H,6-7H2,1-5H3. The minimum absolute atomic E-state index is 0.0277. The lowest BCUT2D eigenvalue weighted by molar-refractivity contribution is 0.512. The zero-order chi connectivity index (χ0) is 15.1. The highest BCUT2D eigenvalue weighted by molar-refractivity contribution is 7.92. The summed E-state index contributed by atoms with van der Waals surface area (Å²) < 4.78 is 25.3. The molecule has 1 aliphatic heterocycles. The molecular weight excluding hydrogens is 270 g/mol. The smallest absolute Gasteiger partial charge is 0.183 e. The van der Waals surface area contributed by atoms with Gasteiger partial charge in [0.05, 0.1) is 16.2 Å². The molecule has 3 nitrogen and oxygen atoms in total. The molecule has 0 fully saturated rings. The number of nitrogens with one attached hydrogen (secondary N) is 1. The lowest BCUT2D eigenvalue weighted by Gasteiger charge is -2.21. The van der Waals surface area contributed by atoms with Gasteiger partial charge < -0.3 is 5.32 Å². The number of sulfone groups is 1. The molecule has 2 atom stereocenters. The van der Waals surface area contributed by atoms with Crippen LogP contribution < -0.4 is 5.32 Å². The van der Waals surface area contributed by atoms with Crippen LogP contribution in [0, 0.1) is 0 Å². The van der Waals surface area contributed by atoms with E-state index >= 15 is 0 Å². The summed E-state index contributed by atoms with van der Waals surface area (Å²) in [7, 11) is -1.35. The molecule has 0 radical (unpaired) electrons. The molecule has 1 heterocycles. The molecule has 0 saturated heterocycles. The average Bonchev–Trinajstić information content (AvgIpc) is 2.57. The van der Waals surface area contributed by atoms with Crippen molar-refractivity contribution in [2.45, 2.75) is 62.1 Å². The van der Waals surface area contributed by atoms with Crippen LogP contribution in [0.5, 0.6) is 0 Å². The van der Waals surface area contributed by atoms with E-state index in [1.165, 1.54) is 5.56 Å². The van der Waals surface area contributed by atoms with E-state index < -0.39 is 9.84 Å². The molecule has 1 aromatic rings. The van der Waals surface area contributed by atoms with Crippen LogP contribution in [0.2, 0.25) is 0 Å². The third-order valence-corrected chi connectivity index (χ3v) is 6.46. The molecule has 2 rings (SSSR count). The molecule has 0 spiro atoms. The monoisotopic (exact) mass is 295 g/mol. The van der Waals surface area contributed by atoms with Gasteiger partial charge in [-0.2, -0.15) is 0 Å². The van der Waals surface area contributed by atoms with E-state index in [-0.39, 0.29) is 16.7 Å². The van der Waals surface area contributed by atoms with Crippen molar-refractivity contribution in [2.75, 3.05) is 7.05 Å². The lowest BCUT2D eigenvalue weighted by Crippen LogP contribution is -2.29. The molecule has 2 unspecified atom stereocenters. The number of hydrogen-bond donors (Lipinski definition) is 1. The summed E-state index contributed by atoms with van der Waals surface area (Å²) in [6.45, 7) is 8.48. The number of benzene rings is 1. The first kappa shape index (κ1) is 15.5. The van der Waals surface area contributed by atoms with Crippen molar-refractivity contribution < 1.29 is 8.42 Å². The first-order valence-corrected chi connectivity index (χ1v) is 8.83. The fourth-order valence-corrected chi connectivity index (χ4v) is 5.29. The number of rotatable bonds is 3. The van der Waals surface area contributed by atoms with Crippen LogP contribution in [-0.2, 0) is 15.3 Å². The normalized spacial score (nSPS) is 24.6. The Labute approximate surface area is 122 Å². The Hall–Kier alpha value is -0.870. The Morgan fingerprint density at radius 3 is 2.40 bits per heavy atom. The zero-order valence-corrected chi connectivity index (χ0v) is 13.8. The lowest BCUT2D eigenvalue weighted by atomic mass is 9.85. The van der Waals surface area contributed by atoms with Crippen LogP contribution in [0.25, 0.3) is 0 Å². The van der Waals surface area contributed by atoms with Gasteiger partial charge in [-0.05, 0) is 36.1 Å². The summed E-state index contributed by atoms with van der Waals surface area (Å²) >= 11 is 0. The van der Waals surface area contributed by atoms with Crippen molar-refractivity contribution in [1.29, 1.82) is 0 Å². The van der Waals surface area contributed by atoms with Crippen molar-refractivity contribution in [3.63, 3.8) is 0 Å². The summed E-state index contributed by atoms with van der Waals surface area (Å²) in [4.78, 5) is 0.517. The highest BCUT2D eigenvalue weighted by Crippen LogP contribution is 2.42. The van der Waals surface area contributed by atoms with E-state index in [2.05, 4.69) is 32.2 Å². The van der Waals surface area contributed by atoms with Gasteiger partial charge in [-0.15, -0.1) is 0 Å². The molecule has 0 aromatic heterocycles. The van der Waals surface area contributed by atoms with Gasteiger partial charge in [0.15, 0.2) is 9.84 Å². The maximum atomic E-state index is 12.7. The summed E-state index contributed by atoms with van der Waals surface area (Å²) in [5.74, 6) is 0. The van der Waals surface area contributed by atoms with Gasteiger partial charge in [-0.1, -0.05) is 46.2 Å². The van der Waals surface area contributed by atoms with E-state index in [1.54, 1.807) is 6.07 Å². The van der Waals surface area contributed by atoms with Crippen LogP contribution in [0.15, 0.2) is 23.1 Å². The minimum atomic E-state index is -3.19. The van der Waals surface area contributed by atoms with E-state index in [4.69, 9.17) is 0 Å². The SMILES string of the molecule is CCCC1C(NC)c2cc(C(C)(C)C)ccc2S1(=O)=O. The van der Waals surface area contributed by atoms with Crippen LogP contribution in [0.3, 0.4) is 0 Å². The topological polar surface area (TPSA) is 46.2 Å². The molecular formula is C16H25NO2S. The van der Waals surface area contributed by atoms with E-state index in [0.29, 0.717) is 11.3 Å². The maximum absolute atomic E-state index is 12.7. The quantitative estimate of drug-likeness (QED) is 0.931. The van der Waals surface area contributed by atoms with E-state index in [9.17, 15) is 8.42 Å². The second-order valence-corrected chi connectivity index (χ2v) is 8.78. The van der Waals surface area contributed by atoms with Crippen molar-refractivity contribution in [2.24, 2.45) is 0 Å². The second-order valence-electron chi connectivity index (χ2n) is 6.64. The number of hydrogen-bond acceptors (Lipinski definition) is 3. The van der Waals surface area contributed by atoms with Crippen molar-refractivity contribution in [1.82, 2.24) is 5.32 Å². The molecule has 0 saturated carbocycles. The van der Waals surface area contributed by atoms with Gasteiger partial charge >= 0.3 is 0 Å². The molecule has 1 aromatic carbocycles. The molecule has 112 valence electrons. The van der Waals surface area contributed by atoms with Gasteiger partial charge in [0, 0.05) is 0 Å². The average molecular weight is 295 g/mol. The van der Waals surface area contributed by atoms with Gasteiger partial charge in [-0.25, -0.2) is 8.42 Å². The van der Waals surface area contributed by atoms with Crippen molar-refractivity contribution in [3.05, 3.63) is 29.3 Å². The van der Waals surface area contributed by atoms with Gasteiger partial charge in [0.25, 0.3) is 0 Å². The molecule has 1 aliphatic rings. The molecule has 0 aliphatic carbocycles. The van der Waals surface area contributed by atoms with Gasteiger partial charge in [-0.3, -0.25) is 0 Å². The van der Waals surface area contributed by atoms with Crippen LogP contribution >= 0.6 is 0 Å². The Balaban J connectivity index is 2.59. The Morgan fingerprint density at radius 1 is 1.25 bits per heavy atom. The van der Waals surface area contributed by atoms with Crippen molar-refractivity contribution in [3.8, 4) is 0 Å². The molecule has 0 bridgehead atoms. The van der Waals surface area contributed by atoms with Crippen molar-refractivity contribution >= 4 is 9.84 Å². The second kappa shape index (κ2) is 5.15. The van der Waals surface area contributed by atoms with Gasteiger partial charge in [0.1, 0.15) is 0 Å². The van der Waals surface area contributed by atoms with E-state index in [1.807, 2.05) is 20.0 Å². The first-order chi connectivity index (χ1) is 9.23. The summed E-state index contributed by atoms with van der Waals surface area (Å²) in [6, 6.07) is 5.74. The summed E-state index contributed by atoms with van der Waals surface area (Å²) in [5.41, 5.74) is 2.15. The van der Waals surface area contributed by atoms with Crippen LogP contribution in [-0.4, -0.2) is 20.7 Å². The largest absolute Gasteiger partial charge is 0.312 e. The van der Waals surface area contributed by atoms with Crippen LogP contribution in [0.4, 0.5) is 0 Å². The molecule has 0 amide bonds. The first-order valence-electron chi connectivity index (χ1n) is 7.29. The van der Waals surface area contributed by atoms with E-state index in [0.717, 1.165) is 12.0 Å².